The first-order valence-corrected chi connectivity index (χ1v) is 7.04. The second-order valence-corrected chi connectivity index (χ2v) is 6.90. The van der Waals surface area contributed by atoms with Crippen LogP contribution in [0.15, 0.2) is 18.3 Å². The summed E-state index contributed by atoms with van der Waals surface area (Å²) in [6.07, 6.45) is 2.56. The summed E-state index contributed by atoms with van der Waals surface area (Å²) in [5, 5.41) is 3.41. The molecule has 1 heterocycles. The number of rotatable bonds is 5. The second-order valence-electron chi connectivity index (χ2n) is 6.90. The number of carbonyl (C=O) groups excluding carboxylic acids is 1. The number of esters is 1. The van der Waals surface area contributed by atoms with Crippen LogP contribution in [0.3, 0.4) is 0 Å². The highest BCUT2D eigenvalue weighted by molar-refractivity contribution is 5.89. The van der Waals surface area contributed by atoms with Crippen molar-refractivity contribution in [3.63, 3.8) is 0 Å². The number of hydrogen-bond donors (Lipinski definition) is 1. The average Bonchev–Trinajstić information content (AvgIpc) is 2.26. The van der Waals surface area contributed by atoms with Crippen LogP contribution in [-0.2, 0) is 4.74 Å². The number of ether oxygens (including phenoxy) is 1. The van der Waals surface area contributed by atoms with Crippen molar-refractivity contribution in [1.29, 1.82) is 0 Å². The molecule has 0 saturated carbocycles. The lowest BCUT2D eigenvalue weighted by molar-refractivity contribution is 0.0526. The Labute approximate surface area is 121 Å². The summed E-state index contributed by atoms with van der Waals surface area (Å²) >= 11 is 0. The Bertz CT molecular complexity index is 445. The monoisotopic (exact) mass is 278 g/mol. The molecule has 4 nitrogen and oxygen atoms in total. The first kappa shape index (κ1) is 16.5. The van der Waals surface area contributed by atoms with Gasteiger partial charge in [0, 0.05) is 11.7 Å². The standard InChI is InChI=1S/C16H26N2O2/c1-7-20-14(19)12-8-9-13(17-10-12)18-16(5,6)11-15(2,3)4/h8-10H,7,11H2,1-6H3,(H,17,18). The first-order chi connectivity index (χ1) is 9.13. The van der Waals surface area contributed by atoms with E-state index in [9.17, 15) is 4.79 Å². The number of pyridine rings is 1. The Hall–Kier alpha value is -1.58. The molecule has 0 fully saturated rings. The van der Waals surface area contributed by atoms with Gasteiger partial charge >= 0.3 is 5.97 Å². The summed E-state index contributed by atoms with van der Waals surface area (Å²) in [7, 11) is 0. The molecule has 1 N–H and O–H groups in total. The molecule has 1 aromatic heterocycles. The first-order valence-electron chi connectivity index (χ1n) is 7.04. The maximum atomic E-state index is 11.5. The minimum Gasteiger partial charge on any atom is -0.462 e. The quantitative estimate of drug-likeness (QED) is 0.830. The average molecular weight is 278 g/mol. The van der Waals surface area contributed by atoms with Gasteiger partial charge in [-0.3, -0.25) is 0 Å². The molecule has 0 saturated heterocycles. The van der Waals surface area contributed by atoms with Crippen LogP contribution in [0.1, 0.15) is 58.3 Å². The Balaban J connectivity index is 2.72. The van der Waals surface area contributed by atoms with Crippen molar-refractivity contribution in [1.82, 2.24) is 4.98 Å². The van der Waals surface area contributed by atoms with Crippen LogP contribution in [-0.4, -0.2) is 23.1 Å². The van der Waals surface area contributed by atoms with Gasteiger partial charge in [-0.05, 0) is 44.7 Å². The van der Waals surface area contributed by atoms with Crippen molar-refractivity contribution in [2.24, 2.45) is 5.41 Å². The lowest BCUT2D eigenvalue weighted by Gasteiger charge is -2.33. The molecule has 0 amide bonds. The topological polar surface area (TPSA) is 51.2 Å². The van der Waals surface area contributed by atoms with Gasteiger partial charge in [0.05, 0.1) is 12.2 Å². The molecule has 1 rings (SSSR count). The fourth-order valence-corrected chi connectivity index (χ4v) is 2.52. The predicted molar refractivity (Wildman–Crippen MR) is 82.0 cm³/mol. The lowest BCUT2D eigenvalue weighted by Crippen LogP contribution is -2.35. The molecule has 1 aromatic rings. The van der Waals surface area contributed by atoms with E-state index < -0.39 is 0 Å². The molecule has 4 heteroatoms. The van der Waals surface area contributed by atoms with E-state index in [1.807, 2.05) is 6.07 Å². The predicted octanol–water partition coefficient (Wildman–Crippen LogP) is 3.89. The van der Waals surface area contributed by atoms with E-state index >= 15 is 0 Å². The van der Waals surface area contributed by atoms with E-state index in [2.05, 4.69) is 44.9 Å². The minimum atomic E-state index is -0.333. The highest BCUT2D eigenvalue weighted by Crippen LogP contribution is 2.29. The van der Waals surface area contributed by atoms with Crippen LogP contribution in [0.4, 0.5) is 5.82 Å². The van der Waals surface area contributed by atoms with E-state index in [1.165, 1.54) is 0 Å². The van der Waals surface area contributed by atoms with Crippen molar-refractivity contribution in [3.05, 3.63) is 23.9 Å². The normalized spacial score (nSPS) is 12.1. The van der Waals surface area contributed by atoms with E-state index in [0.29, 0.717) is 12.2 Å². The van der Waals surface area contributed by atoms with Gasteiger partial charge in [-0.25, -0.2) is 9.78 Å². The number of nitrogens with one attached hydrogen (secondary N) is 1. The molecule has 112 valence electrons. The van der Waals surface area contributed by atoms with Gasteiger partial charge < -0.3 is 10.1 Å². The van der Waals surface area contributed by atoms with Crippen molar-refractivity contribution in [3.8, 4) is 0 Å². The molecule has 0 bridgehead atoms. The molecule has 0 spiro atoms. The Morgan fingerprint density at radius 1 is 1.25 bits per heavy atom. The summed E-state index contributed by atoms with van der Waals surface area (Å²) in [4.78, 5) is 15.8. The zero-order valence-electron chi connectivity index (χ0n) is 13.4. The Morgan fingerprint density at radius 2 is 1.90 bits per heavy atom. The molecule has 0 radical (unpaired) electrons. The number of anilines is 1. The van der Waals surface area contributed by atoms with Crippen LogP contribution in [0, 0.1) is 5.41 Å². The highest BCUT2D eigenvalue weighted by Gasteiger charge is 2.25. The third-order valence-electron chi connectivity index (χ3n) is 2.71. The number of carbonyl (C=O) groups is 1. The van der Waals surface area contributed by atoms with Gasteiger partial charge in [0.25, 0.3) is 0 Å². The van der Waals surface area contributed by atoms with Gasteiger partial charge in [0.15, 0.2) is 0 Å². The summed E-state index contributed by atoms with van der Waals surface area (Å²) in [5.74, 6) is 0.438. The van der Waals surface area contributed by atoms with Crippen LogP contribution in [0.25, 0.3) is 0 Å². The SMILES string of the molecule is CCOC(=O)c1ccc(NC(C)(C)CC(C)(C)C)nc1. The largest absolute Gasteiger partial charge is 0.462 e. The molecular formula is C16H26N2O2. The van der Waals surface area contributed by atoms with Gasteiger partial charge in [-0.2, -0.15) is 0 Å². The van der Waals surface area contributed by atoms with Crippen LogP contribution < -0.4 is 5.32 Å². The molecular weight excluding hydrogens is 252 g/mol. The summed E-state index contributed by atoms with van der Waals surface area (Å²) in [5.41, 5.74) is 0.656. The van der Waals surface area contributed by atoms with E-state index in [4.69, 9.17) is 4.74 Å². The van der Waals surface area contributed by atoms with Crippen molar-refractivity contribution >= 4 is 11.8 Å². The molecule has 0 unspecified atom stereocenters. The second kappa shape index (κ2) is 6.25. The molecule has 0 aliphatic heterocycles. The summed E-state index contributed by atoms with van der Waals surface area (Å²) < 4.78 is 4.94. The van der Waals surface area contributed by atoms with Gasteiger partial charge in [-0.15, -0.1) is 0 Å². The van der Waals surface area contributed by atoms with Crippen LogP contribution >= 0.6 is 0 Å². The fraction of sp³-hybridized carbons (Fsp3) is 0.625. The summed E-state index contributed by atoms with van der Waals surface area (Å²) in [6.45, 7) is 13.1. The Morgan fingerprint density at radius 3 is 2.35 bits per heavy atom. The van der Waals surface area contributed by atoms with Crippen molar-refractivity contribution in [2.45, 2.75) is 53.5 Å². The van der Waals surface area contributed by atoms with E-state index in [-0.39, 0.29) is 16.9 Å². The minimum absolute atomic E-state index is 0.0588. The van der Waals surface area contributed by atoms with E-state index in [0.717, 1.165) is 12.2 Å². The maximum Gasteiger partial charge on any atom is 0.339 e. The van der Waals surface area contributed by atoms with Crippen molar-refractivity contribution < 1.29 is 9.53 Å². The van der Waals surface area contributed by atoms with Gasteiger partial charge in [0.1, 0.15) is 5.82 Å². The molecule has 0 aliphatic carbocycles. The van der Waals surface area contributed by atoms with E-state index in [1.54, 1.807) is 19.2 Å². The number of hydrogen-bond acceptors (Lipinski definition) is 4. The van der Waals surface area contributed by atoms with Gasteiger partial charge in [-0.1, -0.05) is 20.8 Å². The third kappa shape index (κ3) is 5.59. The smallest absolute Gasteiger partial charge is 0.339 e. The zero-order valence-corrected chi connectivity index (χ0v) is 13.4. The number of nitrogens with zero attached hydrogens (tertiary/aromatic N) is 1. The molecule has 20 heavy (non-hydrogen) atoms. The highest BCUT2D eigenvalue weighted by atomic mass is 16.5. The number of aromatic nitrogens is 1. The van der Waals surface area contributed by atoms with Gasteiger partial charge in [0.2, 0.25) is 0 Å². The third-order valence-corrected chi connectivity index (χ3v) is 2.71. The summed E-state index contributed by atoms with van der Waals surface area (Å²) in [6, 6.07) is 3.55. The van der Waals surface area contributed by atoms with Crippen molar-refractivity contribution in [2.75, 3.05) is 11.9 Å². The maximum absolute atomic E-state index is 11.5. The zero-order chi connectivity index (χ0) is 15.4. The van der Waals surface area contributed by atoms with Crippen LogP contribution in [0.5, 0.6) is 0 Å². The molecule has 0 atom stereocenters. The lowest BCUT2D eigenvalue weighted by atomic mass is 9.82. The molecule has 0 aliphatic rings. The Kier molecular flexibility index (Phi) is 5.15. The molecule has 0 aromatic carbocycles. The fourth-order valence-electron chi connectivity index (χ4n) is 2.52. The van der Waals surface area contributed by atoms with Crippen LogP contribution in [0.2, 0.25) is 0 Å².